The Kier molecular flexibility index (Phi) is 4.70. The van der Waals surface area contributed by atoms with Crippen molar-refractivity contribution in [3.8, 4) is 0 Å². The molecule has 7 nitrogen and oxygen atoms in total. The molecule has 1 aromatic carbocycles. The number of benzene rings is 1. The van der Waals surface area contributed by atoms with E-state index in [0.29, 0.717) is 0 Å². The average molecular weight is 383 g/mol. The normalized spacial score (nSPS) is 14.3. The van der Waals surface area contributed by atoms with E-state index in [1.165, 1.54) is 5.56 Å². The SMILES string of the molecule is c1ccc2c(N3CCN(c4cnccn4)CC3)nnc(Cc3ccncc3)c2c1. The van der Waals surface area contributed by atoms with E-state index < -0.39 is 0 Å². The van der Waals surface area contributed by atoms with E-state index >= 15 is 0 Å². The van der Waals surface area contributed by atoms with Gasteiger partial charge in [-0.1, -0.05) is 24.3 Å². The van der Waals surface area contributed by atoms with Gasteiger partial charge >= 0.3 is 0 Å². The highest BCUT2D eigenvalue weighted by Crippen LogP contribution is 2.28. The summed E-state index contributed by atoms with van der Waals surface area (Å²) in [6.07, 6.45) is 9.64. The van der Waals surface area contributed by atoms with Gasteiger partial charge in [-0.05, 0) is 17.7 Å². The van der Waals surface area contributed by atoms with Gasteiger partial charge in [-0.25, -0.2) is 4.98 Å². The summed E-state index contributed by atoms with van der Waals surface area (Å²) in [6, 6.07) is 12.5. The van der Waals surface area contributed by atoms with Gasteiger partial charge in [0.05, 0.1) is 11.9 Å². The molecule has 1 fully saturated rings. The zero-order valence-corrected chi connectivity index (χ0v) is 16.0. The maximum Gasteiger partial charge on any atom is 0.159 e. The lowest BCUT2D eigenvalue weighted by molar-refractivity contribution is 0.638. The molecule has 1 aliphatic heterocycles. The Labute approximate surface area is 169 Å². The first kappa shape index (κ1) is 17.5. The highest BCUT2D eigenvalue weighted by Gasteiger charge is 2.22. The third-order valence-electron chi connectivity index (χ3n) is 5.32. The lowest BCUT2D eigenvalue weighted by atomic mass is 10.0. The lowest BCUT2D eigenvalue weighted by Gasteiger charge is -2.36. The number of hydrogen-bond acceptors (Lipinski definition) is 7. The van der Waals surface area contributed by atoms with E-state index in [1.54, 1.807) is 12.4 Å². The van der Waals surface area contributed by atoms with E-state index in [4.69, 9.17) is 0 Å². The molecule has 7 heteroatoms. The summed E-state index contributed by atoms with van der Waals surface area (Å²) in [5, 5.41) is 11.6. The van der Waals surface area contributed by atoms with E-state index in [9.17, 15) is 0 Å². The molecule has 1 saturated heterocycles. The van der Waals surface area contributed by atoms with Gasteiger partial charge in [0.15, 0.2) is 5.82 Å². The number of nitrogens with zero attached hydrogens (tertiary/aromatic N) is 7. The van der Waals surface area contributed by atoms with Crippen LogP contribution in [0, 0.1) is 0 Å². The molecule has 0 unspecified atom stereocenters. The number of piperazine rings is 1. The molecule has 0 N–H and O–H groups in total. The first-order chi connectivity index (χ1) is 14.4. The zero-order chi connectivity index (χ0) is 19.5. The van der Waals surface area contributed by atoms with E-state index in [0.717, 1.165) is 60.7 Å². The maximum atomic E-state index is 4.64. The highest BCUT2D eigenvalue weighted by molar-refractivity contribution is 5.93. The molecule has 0 spiro atoms. The predicted molar refractivity (Wildman–Crippen MR) is 113 cm³/mol. The second kappa shape index (κ2) is 7.79. The molecule has 0 aliphatic carbocycles. The standard InChI is InChI=1S/C22H21N7/c1-2-4-19-18(3-1)20(15-17-5-7-23-8-6-17)26-27-22(19)29-13-11-28(12-14-29)21-16-24-9-10-25-21/h1-10,16H,11-15H2. The van der Waals surface area contributed by atoms with Gasteiger partial charge in [-0.15, -0.1) is 5.10 Å². The minimum atomic E-state index is 0.747. The Morgan fingerprint density at radius 1 is 0.724 bits per heavy atom. The summed E-state index contributed by atoms with van der Waals surface area (Å²) in [6.45, 7) is 3.51. The zero-order valence-electron chi connectivity index (χ0n) is 16.0. The van der Waals surface area contributed by atoms with Crippen LogP contribution < -0.4 is 9.80 Å². The van der Waals surface area contributed by atoms with Gasteiger partial charge in [-0.2, -0.15) is 5.10 Å². The Morgan fingerprint density at radius 2 is 1.48 bits per heavy atom. The first-order valence-electron chi connectivity index (χ1n) is 9.77. The Hall–Kier alpha value is -3.61. The summed E-state index contributed by atoms with van der Waals surface area (Å²) < 4.78 is 0. The molecule has 0 amide bonds. The summed E-state index contributed by atoms with van der Waals surface area (Å²) in [5.74, 6) is 1.88. The van der Waals surface area contributed by atoms with Crippen molar-refractivity contribution in [3.63, 3.8) is 0 Å². The van der Waals surface area contributed by atoms with E-state index in [-0.39, 0.29) is 0 Å². The van der Waals surface area contributed by atoms with Crippen LogP contribution in [0.2, 0.25) is 0 Å². The summed E-state index contributed by atoms with van der Waals surface area (Å²) in [4.78, 5) is 17.3. The molecular formula is C22H21N7. The Morgan fingerprint density at radius 3 is 2.24 bits per heavy atom. The second-order valence-corrected chi connectivity index (χ2v) is 7.09. The fraction of sp³-hybridized carbons (Fsp3) is 0.227. The average Bonchev–Trinajstić information content (AvgIpc) is 2.81. The van der Waals surface area contributed by atoms with E-state index in [2.05, 4.69) is 59.2 Å². The number of aromatic nitrogens is 5. The molecule has 0 saturated carbocycles. The van der Waals surface area contributed by atoms with Crippen LogP contribution in [-0.2, 0) is 6.42 Å². The summed E-state index contributed by atoms with van der Waals surface area (Å²) >= 11 is 0. The second-order valence-electron chi connectivity index (χ2n) is 7.09. The first-order valence-corrected chi connectivity index (χ1v) is 9.77. The van der Waals surface area contributed by atoms with Crippen molar-refractivity contribution in [2.24, 2.45) is 0 Å². The number of rotatable bonds is 4. The van der Waals surface area contributed by atoms with Crippen LogP contribution >= 0.6 is 0 Å². The van der Waals surface area contributed by atoms with Gasteiger partial charge in [0, 0.05) is 68.2 Å². The van der Waals surface area contributed by atoms with Crippen LogP contribution in [0.4, 0.5) is 11.6 Å². The highest BCUT2D eigenvalue weighted by atomic mass is 15.3. The molecule has 0 radical (unpaired) electrons. The van der Waals surface area contributed by atoms with Crippen molar-refractivity contribution in [3.05, 3.63) is 78.6 Å². The third kappa shape index (κ3) is 3.59. The van der Waals surface area contributed by atoms with Crippen molar-refractivity contribution < 1.29 is 0 Å². The molecule has 3 aromatic heterocycles. The molecule has 5 rings (SSSR count). The maximum absolute atomic E-state index is 4.64. The topological polar surface area (TPSA) is 70.9 Å². The fourth-order valence-corrected chi connectivity index (χ4v) is 3.81. The summed E-state index contributed by atoms with van der Waals surface area (Å²) in [7, 11) is 0. The Balaban J connectivity index is 1.41. The van der Waals surface area contributed by atoms with Crippen molar-refractivity contribution in [1.82, 2.24) is 25.1 Å². The minimum Gasteiger partial charge on any atom is -0.352 e. The molecule has 0 bridgehead atoms. The van der Waals surface area contributed by atoms with Crippen molar-refractivity contribution in [1.29, 1.82) is 0 Å². The Bertz CT molecular complexity index is 1090. The van der Waals surface area contributed by atoms with Gasteiger partial charge in [0.2, 0.25) is 0 Å². The molecular weight excluding hydrogens is 362 g/mol. The van der Waals surface area contributed by atoms with Crippen LogP contribution in [0.3, 0.4) is 0 Å². The third-order valence-corrected chi connectivity index (χ3v) is 5.32. The number of anilines is 2. The monoisotopic (exact) mass is 383 g/mol. The molecule has 4 heterocycles. The number of fused-ring (bicyclic) bond motifs is 1. The van der Waals surface area contributed by atoms with Crippen molar-refractivity contribution in [2.75, 3.05) is 36.0 Å². The smallest absolute Gasteiger partial charge is 0.159 e. The largest absolute Gasteiger partial charge is 0.352 e. The lowest BCUT2D eigenvalue weighted by Crippen LogP contribution is -2.47. The van der Waals surface area contributed by atoms with Gasteiger partial charge < -0.3 is 9.80 Å². The van der Waals surface area contributed by atoms with Gasteiger partial charge in [0.1, 0.15) is 5.82 Å². The van der Waals surface area contributed by atoms with Crippen LogP contribution in [-0.4, -0.2) is 51.3 Å². The van der Waals surface area contributed by atoms with Crippen LogP contribution in [0.1, 0.15) is 11.3 Å². The number of pyridine rings is 1. The molecule has 144 valence electrons. The number of hydrogen-bond donors (Lipinski definition) is 0. The van der Waals surface area contributed by atoms with Crippen molar-refractivity contribution >= 4 is 22.4 Å². The van der Waals surface area contributed by atoms with Gasteiger partial charge in [0.25, 0.3) is 0 Å². The summed E-state index contributed by atoms with van der Waals surface area (Å²) in [5.41, 5.74) is 2.18. The fourth-order valence-electron chi connectivity index (χ4n) is 3.81. The quantitative estimate of drug-likeness (QED) is 0.537. The van der Waals surface area contributed by atoms with Crippen LogP contribution in [0.25, 0.3) is 10.8 Å². The molecule has 4 aromatic rings. The van der Waals surface area contributed by atoms with Crippen molar-refractivity contribution in [2.45, 2.75) is 6.42 Å². The molecule has 1 aliphatic rings. The van der Waals surface area contributed by atoms with Gasteiger partial charge in [-0.3, -0.25) is 9.97 Å². The van der Waals surface area contributed by atoms with E-state index in [1.807, 2.05) is 30.7 Å². The molecule has 0 atom stereocenters. The molecule has 29 heavy (non-hydrogen) atoms. The minimum absolute atomic E-state index is 0.747. The van der Waals surface area contributed by atoms with Crippen LogP contribution in [0.5, 0.6) is 0 Å². The predicted octanol–water partition coefficient (Wildman–Crippen LogP) is 2.73. The van der Waals surface area contributed by atoms with Crippen LogP contribution in [0.15, 0.2) is 67.4 Å².